The van der Waals surface area contributed by atoms with Gasteiger partial charge in [0.1, 0.15) is 0 Å². The first-order valence-electron chi connectivity index (χ1n) is 8.55. The van der Waals surface area contributed by atoms with Gasteiger partial charge >= 0.3 is 0 Å². The highest BCUT2D eigenvalue weighted by molar-refractivity contribution is 7.91. The topological polar surface area (TPSA) is 37.4 Å². The molecule has 1 fully saturated rings. The van der Waals surface area contributed by atoms with E-state index in [9.17, 15) is 8.42 Å². The fourth-order valence-corrected chi connectivity index (χ4v) is 4.64. The summed E-state index contributed by atoms with van der Waals surface area (Å²) in [6, 6.07) is 4.90. The summed E-state index contributed by atoms with van der Waals surface area (Å²) in [6.45, 7) is 14.7. The van der Waals surface area contributed by atoms with E-state index in [1.165, 1.54) is 22.3 Å². The van der Waals surface area contributed by atoms with Gasteiger partial charge in [0.15, 0.2) is 9.84 Å². The van der Waals surface area contributed by atoms with Crippen molar-refractivity contribution >= 4 is 9.84 Å². The van der Waals surface area contributed by atoms with Crippen LogP contribution in [0.5, 0.6) is 0 Å². The Labute approximate surface area is 142 Å². The second-order valence-electron chi connectivity index (χ2n) is 8.10. The molecule has 4 heteroatoms. The van der Waals surface area contributed by atoms with Crippen LogP contribution in [0.3, 0.4) is 0 Å². The highest BCUT2D eigenvalue weighted by Gasteiger charge is 2.25. The third-order valence-corrected chi connectivity index (χ3v) is 6.75. The van der Waals surface area contributed by atoms with Crippen LogP contribution < -0.4 is 0 Å². The second kappa shape index (κ2) is 6.56. The van der Waals surface area contributed by atoms with E-state index in [1.54, 1.807) is 0 Å². The summed E-state index contributed by atoms with van der Waals surface area (Å²) in [5.74, 6) is 0.612. The van der Waals surface area contributed by atoms with Crippen molar-refractivity contribution in [2.75, 3.05) is 18.1 Å². The Morgan fingerprint density at radius 2 is 1.70 bits per heavy atom. The molecule has 1 atom stereocenters. The Bertz CT molecular complexity index is 648. The normalized spacial score (nSPS) is 22.8. The predicted molar refractivity (Wildman–Crippen MR) is 97.8 cm³/mol. The van der Waals surface area contributed by atoms with Crippen LogP contribution >= 0.6 is 0 Å². The number of aryl methyl sites for hydroxylation is 2. The average Bonchev–Trinajstić information content (AvgIpc) is 2.53. The van der Waals surface area contributed by atoms with E-state index in [-0.39, 0.29) is 11.2 Å². The molecule has 1 heterocycles. The summed E-state index contributed by atoms with van der Waals surface area (Å²) in [4.78, 5) is 2.33. The molecule has 0 saturated carbocycles. The van der Waals surface area contributed by atoms with Crippen LogP contribution in [0.1, 0.15) is 56.4 Å². The van der Waals surface area contributed by atoms with Gasteiger partial charge in [0.25, 0.3) is 0 Å². The van der Waals surface area contributed by atoms with Crippen molar-refractivity contribution in [3.63, 3.8) is 0 Å². The lowest BCUT2D eigenvalue weighted by atomic mass is 9.83. The molecule has 1 aromatic carbocycles. The maximum Gasteiger partial charge on any atom is 0.151 e. The fraction of sp³-hybridized carbons (Fsp3) is 0.684. The van der Waals surface area contributed by atoms with Gasteiger partial charge in [0.05, 0.1) is 11.5 Å². The van der Waals surface area contributed by atoms with Gasteiger partial charge in [-0.25, -0.2) is 8.42 Å². The molecule has 1 aliphatic rings. The summed E-state index contributed by atoms with van der Waals surface area (Å²) in [7, 11) is -2.87. The quantitative estimate of drug-likeness (QED) is 0.827. The predicted octanol–water partition coefficient (Wildman–Crippen LogP) is 3.61. The maximum atomic E-state index is 11.9. The van der Waals surface area contributed by atoms with Crippen molar-refractivity contribution in [2.24, 2.45) is 0 Å². The fourth-order valence-electron chi connectivity index (χ4n) is 3.23. The van der Waals surface area contributed by atoms with Gasteiger partial charge in [-0.05, 0) is 54.9 Å². The van der Waals surface area contributed by atoms with Crippen molar-refractivity contribution in [3.8, 4) is 0 Å². The van der Waals surface area contributed by atoms with Crippen LogP contribution in [-0.4, -0.2) is 37.4 Å². The van der Waals surface area contributed by atoms with Crippen molar-refractivity contribution < 1.29 is 8.42 Å². The number of rotatable bonds is 2. The molecular weight excluding hydrogens is 306 g/mol. The number of sulfone groups is 1. The zero-order valence-electron chi connectivity index (χ0n) is 15.4. The minimum atomic E-state index is -2.87. The van der Waals surface area contributed by atoms with Crippen LogP contribution in [0.15, 0.2) is 12.1 Å². The molecule has 1 saturated heterocycles. The van der Waals surface area contributed by atoms with Gasteiger partial charge in [0, 0.05) is 19.1 Å². The Balaban J connectivity index is 2.26. The van der Waals surface area contributed by atoms with Gasteiger partial charge in [0.2, 0.25) is 0 Å². The largest absolute Gasteiger partial charge is 0.295 e. The molecule has 0 aliphatic carbocycles. The number of benzene rings is 1. The second-order valence-corrected chi connectivity index (χ2v) is 10.4. The molecule has 0 aromatic heterocycles. The molecular formula is C19H31NO2S. The summed E-state index contributed by atoms with van der Waals surface area (Å²) in [6.07, 6.45) is 0.737. The number of hydrogen-bond donors (Lipinski definition) is 0. The number of hydrogen-bond acceptors (Lipinski definition) is 3. The van der Waals surface area contributed by atoms with Crippen molar-refractivity contribution in [1.82, 2.24) is 4.90 Å². The van der Waals surface area contributed by atoms with Crippen LogP contribution in [0, 0.1) is 13.8 Å². The molecule has 0 bridgehead atoms. The molecule has 0 spiro atoms. The monoisotopic (exact) mass is 337 g/mol. The zero-order chi connectivity index (χ0) is 17.4. The smallest absolute Gasteiger partial charge is 0.151 e. The lowest BCUT2D eigenvalue weighted by molar-refractivity contribution is 0.211. The molecule has 2 rings (SSSR count). The van der Waals surface area contributed by atoms with Gasteiger partial charge in [-0.2, -0.15) is 0 Å². The van der Waals surface area contributed by atoms with Crippen LogP contribution in [-0.2, 0) is 21.8 Å². The maximum absolute atomic E-state index is 11.9. The highest BCUT2D eigenvalue weighted by atomic mass is 32.2. The van der Waals surface area contributed by atoms with Gasteiger partial charge in [-0.3, -0.25) is 4.90 Å². The lowest BCUT2D eigenvalue weighted by Gasteiger charge is -2.29. The van der Waals surface area contributed by atoms with Gasteiger partial charge in [-0.1, -0.05) is 32.9 Å². The minimum absolute atomic E-state index is 0.151. The molecule has 1 aliphatic heterocycles. The first-order valence-corrected chi connectivity index (χ1v) is 10.4. The molecule has 1 unspecified atom stereocenters. The SMILES string of the molecule is Cc1cc(C(C)(C)C)cc(C)c1CN1CCS(=O)(=O)CCC1C. The third-order valence-electron chi connectivity index (χ3n) is 5.08. The lowest BCUT2D eigenvalue weighted by Crippen LogP contribution is -2.34. The Morgan fingerprint density at radius 3 is 2.22 bits per heavy atom. The summed E-state index contributed by atoms with van der Waals surface area (Å²) in [5, 5.41) is 0. The van der Waals surface area contributed by atoms with E-state index in [2.05, 4.69) is 58.6 Å². The molecule has 0 N–H and O–H groups in total. The summed E-state index contributed by atoms with van der Waals surface area (Å²) in [5.41, 5.74) is 5.49. The Kier molecular flexibility index (Phi) is 5.27. The van der Waals surface area contributed by atoms with Crippen LogP contribution in [0.2, 0.25) is 0 Å². The van der Waals surface area contributed by atoms with Crippen molar-refractivity contribution in [3.05, 3.63) is 34.4 Å². The standard InChI is InChI=1S/C19H31NO2S/c1-14-11-17(19(4,5)6)12-15(2)18(14)13-20-8-10-23(21,22)9-7-16(20)3/h11-12,16H,7-10,13H2,1-6H3. The first kappa shape index (κ1) is 18.5. The highest BCUT2D eigenvalue weighted by Crippen LogP contribution is 2.28. The zero-order valence-corrected chi connectivity index (χ0v) is 16.3. The van der Waals surface area contributed by atoms with Crippen LogP contribution in [0.25, 0.3) is 0 Å². The van der Waals surface area contributed by atoms with Crippen LogP contribution in [0.4, 0.5) is 0 Å². The summed E-state index contributed by atoms with van der Waals surface area (Å²) < 4.78 is 23.8. The molecule has 23 heavy (non-hydrogen) atoms. The first-order chi connectivity index (χ1) is 10.5. The molecule has 3 nitrogen and oxygen atoms in total. The minimum Gasteiger partial charge on any atom is -0.295 e. The van der Waals surface area contributed by atoms with E-state index < -0.39 is 9.84 Å². The van der Waals surface area contributed by atoms with E-state index in [4.69, 9.17) is 0 Å². The molecule has 0 radical (unpaired) electrons. The number of nitrogens with zero attached hydrogens (tertiary/aromatic N) is 1. The third kappa shape index (κ3) is 4.57. The molecule has 0 amide bonds. The summed E-state index contributed by atoms with van der Waals surface area (Å²) >= 11 is 0. The van der Waals surface area contributed by atoms with Crippen molar-refractivity contribution in [1.29, 1.82) is 0 Å². The van der Waals surface area contributed by atoms with E-state index in [1.807, 2.05) is 0 Å². The Morgan fingerprint density at radius 1 is 1.13 bits per heavy atom. The van der Waals surface area contributed by atoms with Crippen molar-refractivity contribution in [2.45, 2.75) is 66.0 Å². The molecule has 1 aromatic rings. The molecule has 130 valence electrons. The Hall–Kier alpha value is -0.870. The van der Waals surface area contributed by atoms with E-state index in [0.717, 1.165) is 13.0 Å². The van der Waals surface area contributed by atoms with Gasteiger partial charge in [-0.15, -0.1) is 0 Å². The van der Waals surface area contributed by atoms with E-state index >= 15 is 0 Å². The average molecular weight is 338 g/mol. The van der Waals surface area contributed by atoms with E-state index in [0.29, 0.717) is 18.3 Å². The van der Waals surface area contributed by atoms with Gasteiger partial charge < -0.3 is 0 Å².